The van der Waals surface area contributed by atoms with Gasteiger partial charge in [-0.1, -0.05) is 256 Å². The summed E-state index contributed by atoms with van der Waals surface area (Å²) in [7, 11) is 0. The lowest BCUT2D eigenvalue weighted by molar-refractivity contribution is -0.167. The third-order valence-corrected chi connectivity index (χ3v) is 12.8. The van der Waals surface area contributed by atoms with Crippen LogP contribution in [0.3, 0.4) is 0 Å². The first kappa shape index (κ1) is 64.4. The van der Waals surface area contributed by atoms with Gasteiger partial charge in [0.05, 0.1) is 0 Å². The van der Waals surface area contributed by atoms with Crippen LogP contribution in [0.5, 0.6) is 0 Å². The van der Waals surface area contributed by atoms with E-state index in [4.69, 9.17) is 14.2 Å². The zero-order valence-corrected chi connectivity index (χ0v) is 44.7. The van der Waals surface area contributed by atoms with Gasteiger partial charge in [0.2, 0.25) is 0 Å². The summed E-state index contributed by atoms with van der Waals surface area (Å²) in [4.78, 5) is 38.1. The molecule has 390 valence electrons. The van der Waals surface area contributed by atoms with Crippen LogP contribution in [0.4, 0.5) is 0 Å². The van der Waals surface area contributed by atoms with Crippen molar-refractivity contribution in [2.45, 2.75) is 309 Å². The second kappa shape index (κ2) is 56.0. The van der Waals surface area contributed by atoms with E-state index in [9.17, 15) is 14.4 Å². The predicted molar refractivity (Wildman–Crippen MR) is 289 cm³/mol. The van der Waals surface area contributed by atoms with Crippen molar-refractivity contribution < 1.29 is 28.6 Å². The van der Waals surface area contributed by atoms with Crippen LogP contribution in [-0.4, -0.2) is 37.2 Å². The molecule has 0 bridgehead atoms. The SMILES string of the molecule is CCC/C=C\C/C=C\CCCCCCCC(=O)OCC(COC(=O)CCCCCCCCCCC/C=C\C/C=C\CCCCCCC)OC(=O)CCCCCCCCCCCCCCCCC. The topological polar surface area (TPSA) is 78.9 Å². The van der Waals surface area contributed by atoms with E-state index in [1.807, 2.05) is 0 Å². The van der Waals surface area contributed by atoms with Crippen LogP contribution in [0.15, 0.2) is 48.6 Å². The summed E-state index contributed by atoms with van der Waals surface area (Å²) < 4.78 is 16.9. The Morgan fingerprint density at radius 3 is 0.881 bits per heavy atom. The molecule has 6 nitrogen and oxygen atoms in total. The van der Waals surface area contributed by atoms with Gasteiger partial charge in [-0.2, -0.15) is 0 Å². The molecule has 0 aliphatic carbocycles. The third kappa shape index (κ3) is 54.2. The van der Waals surface area contributed by atoms with E-state index >= 15 is 0 Å². The first-order chi connectivity index (χ1) is 33.0. The number of ether oxygens (including phenoxy) is 3. The molecule has 0 saturated heterocycles. The number of hydrogen-bond donors (Lipinski definition) is 0. The highest BCUT2D eigenvalue weighted by Crippen LogP contribution is 2.16. The molecule has 1 unspecified atom stereocenters. The highest BCUT2D eigenvalue weighted by Gasteiger charge is 2.19. The Labute approximate surface area is 416 Å². The van der Waals surface area contributed by atoms with Gasteiger partial charge in [-0.15, -0.1) is 0 Å². The van der Waals surface area contributed by atoms with Crippen molar-refractivity contribution in [1.82, 2.24) is 0 Å². The van der Waals surface area contributed by atoms with Gasteiger partial charge in [0.25, 0.3) is 0 Å². The first-order valence-corrected chi connectivity index (χ1v) is 29.1. The normalized spacial score (nSPS) is 12.3. The maximum absolute atomic E-state index is 12.8. The Bertz CT molecular complexity index is 1170. The Hall–Kier alpha value is -2.63. The van der Waals surface area contributed by atoms with Gasteiger partial charge in [-0.25, -0.2) is 0 Å². The molecule has 0 fully saturated rings. The molecule has 0 saturated carbocycles. The molecule has 0 aromatic heterocycles. The standard InChI is InChI=1S/C61H110O6/c1-4-7-10-13-16-19-22-25-27-28-29-30-31-32-34-36-39-42-45-48-51-54-60(63)66-57-58(56-65-59(62)53-50-47-44-41-38-35-24-21-18-15-12-9-6-3)67-61(64)55-52-49-46-43-40-37-33-26-23-20-17-14-11-8-5-2/h12,15,21-22,24-25,28-29,58H,4-11,13-14,16-20,23,26-27,30-57H2,1-3H3/b15-12-,24-21-,25-22-,29-28-. The van der Waals surface area contributed by atoms with Gasteiger partial charge in [-0.05, 0) is 77.0 Å². The minimum absolute atomic E-state index is 0.0771. The van der Waals surface area contributed by atoms with Crippen LogP contribution in [0.1, 0.15) is 303 Å². The Morgan fingerprint density at radius 2 is 0.567 bits per heavy atom. The number of carbonyl (C=O) groups excluding carboxylic acids is 3. The fourth-order valence-electron chi connectivity index (χ4n) is 8.39. The Balaban J connectivity index is 4.32. The first-order valence-electron chi connectivity index (χ1n) is 29.1. The van der Waals surface area contributed by atoms with E-state index in [1.165, 1.54) is 173 Å². The van der Waals surface area contributed by atoms with Crippen LogP contribution in [0.2, 0.25) is 0 Å². The van der Waals surface area contributed by atoms with Gasteiger partial charge in [-0.3, -0.25) is 14.4 Å². The van der Waals surface area contributed by atoms with E-state index in [0.29, 0.717) is 19.3 Å². The molecule has 0 aliphatic rings. The highest BCUT2D eigenvalue weighted by atomic mass is 16.6. The van der Waals surface area contributed by atoms with Crippen molar-refractivity contribution >= 4 is 17.9 Å². The zero-order valence-electron chi connectivity index (χ0n) is 44.7. The molecule has 0 aromatic rings. The van der Waals surface area contributed by atoms with Gasteiger partial charge in [0, 0.05) is 19.3 Å². The van der Waals surface area contributed by atoms with Gasteiger partial charge in [0.1, 0.15) is 13.2 Å². The molecule has 0 radical (unpaired) electrons. The minimum Gasteiger partial charge on any atom is -0.462 e. The van der Waals surface area contributed by atoms with Crippen molar-refractivity contribution in [3.05, 3.63) is 48.6 Å². The van der Waals surface area contributed by atoms with Gasteiger partial charge >= 0.3 is 17.9 Å². The van der Waals surface area contributed by atoms with E-state index in [0.717, 1.165) is 89.9 Å². The molecule has 0 rings (SSSR count). The summed E-state index contributed by atoms with van der Waals surface area (Å²) in [6.45, 7) is 6.58. The minimum atomic E-state index is -0.778. The predicted octanol–water partition coefficient (Wildman–Crippen LogP) is 19.4. The maximum atomic E-state index is 12.8. The zero-order chi connectivity index (χ0) is 48.6. The molecule has 0 spiro atoms. The van der Waals surface area contributed by atoms with Crippen LogP contribution < -0.4 is 0 Å². The molecular formula is C61H110O6. The second-order valence-electron chi connectivity index (χ2n) is 19.6. The number of rotatable bonds is 53. The molecule has 67 heavy (non-hydrogen) atoms. The maximum Gasteiger partial charge on any atom is 0.306 e. The Morgan fingerprint density at radius 1 is 0.299 bits per heavy atom. The van der Waals surface area contributed by atoms with Gasteiger partial charge < -0.3 is 14.2 Å². The smallest absolute Gasteiger partial charge is 0.306 e. The van der Waals surface area contributed by atoms with Crippen molar-refractivity contribution in [2.75, 3.05) is 13.2 Å². The Kier molecular flexibility index (Phi) is 53.8. The molecule has 0 aromatic carbocycles. The van der Waals surface area contributed by atoms with E-state index in [1.54, 1.807) is 0 Å². The quantitative estimate of drug-likeness (QED) is 0.0262. The van der Waals surface area contributed by atoms with E-state index in [2.05, 4.69) is 69.4 Å². The monoisotopic (exact) mass is 939 g/mol. The van der Waals surface area contributed by atoms with Crippen LogP contribution in [0.25, 0.3) is 0 Å². The molecular weight excluding hydrogens is 829 g/mol. The molecule has 0 N–H and O–H groups in total. The fourth-order valence-corrected chi connectivity index (χ4v) is 8.39. The highest BCUT2D eigenvalue weighted by molar-refractivity contribution is 5.71. The second-order valence-corrected chi connectivity index (χ2v) is 19.6. The van der Waals surface area contributed by atoms with Crippen LogP contribution >= 0.6 is 0 Å². The van der Waals surface area contributed by atoms with Crippen LogP contribution in [0, 0.1) is 0 Å². The van der Waals surface area contributed by atoms with Gasteiger partial charge in [0.15, 0.2) is 6.10 Å². The number of carbonyl (C=O) groups is 3. The summed E-state index contributed by atoms with van der Waals surface area (Å²) in [6, 6.07) is 0. The average molecular weight is 940 g/mol. The molecule has 0 heterocycles. The fraction of sp³-hybridized carbons (Fsp3) is 0.820. The number of hydrogen-bond acceptors (Lipinski definition) is 6. The number of esters is 3. The molecule has 0 aliphatic heterocycles. The summed E-state index contributed by atoms with van der Waals surface area (Å²) in [5, 5.41) is 0. The summed E-state index contributed by atoms with van der Waals surface area (Å²) >= 11 is 0. The van der Waals surface area contributed by atoms with Crippen molar-refractivity contribution in [2.24, 2.45) is 0 Å². The van der Waals surface area contributed by atoms with Crippen molar-refractivity contribution in [3.8, 4) is 0 Å². The number of unbranched alkanes of at least 4 members (excludes halogenated alkanes) is 34. The molecule has 1 atom stereocenters. The lowest BCUT2D eigenvalue weighted by Crippen LogP contribution is -2.30. The number of allylic oxidation sites excluding steroid dienone is 8. The average Bonchev–Trinajstić information content (AvgIpc) is 3.33. The largest absolute Gasteiger partial charge is 0.462 e. The van der Waals surface area contributed by atoms with Crippen LogP contribution in [-0.2, 0) is 28.6 Å². The molecule has 0 amide bonds. The van der Waals surface area contributed by atoms with E-state index < -0.39 is 6.10 Å². The lowest BCUT2D eigenvalue weighted by atomic mass is 10.0. The summed E-state index contributed by atoms with van der Waals surface area (Å²) in [5.74, 6) is -0.881. The summed E-state index contributed by atoms with van der Waals surface area (Å²) in [5.41, 5.74) is 0. The van der Waals surface area contributed by atoms with E-state index in [-0.39, 0.29) is 31.1 Å². The van der Waals surface area contributed by atoms with Crippen molar-refractivity contribution in [1.29, 1.82) is 0 Å². The third-order valence-electron chi connectivity index (χ3n) is 12.8. The summed E-state index contributed by atoms with van der Waals surface area (Å²) in [6.07, 6.45) is 68.1. The van der Waals surface area contributed by atoms with Crippen molar-refractivity contribution in [3.63, 3.8) is 0 Å². The lowest BCUT2D eigenvalue weighted by Gasteiger charge is -2.18. The molecule has 6 heteroatoms.